The Balaban J connectivity index is 1.69. The number of ether oxygens (including phenoxy) is 4. The Morgan fingerprint density at radius 1 is 0.792 bits per heavy atom. The summed E-state index contributed by atoms with van der Waals surface area (Å²) in [6.45, 7) is 0.339. The Morgan fingerprint density at radius 2 is 1.38 bits per heavy atom. The molecule has 1 spiro atoms. The minimum atomic E-state index is -1.32. The van der Waals surface area contributed by atoms with Gasteiger partial charge < -0.3 is 23.8 Å². The van der Waals surface area contributed by atoms with Crippen molar-refractivity contribution in [3.63, 3.8) is 0 Å². The van der Waals surface area contributed by atoms with E-state index in [2.05, 4.69) is 6.08 Å². The Hall–Kier alpha value is -5.90. The molecule has 2 aliphatic heterocycles. The van der Waals surface area contributed by atoms with Crippen LogP contribution in [-0.2, 0) is 30.9 Å². The molecule has 3 aliphatic rings. The van der Waals surface area contributed by atoms with Gasteiger partial charge >= 0.3 is 11.9 Å². The maximum atomic E-state index is 14.5. The molecule has 1 aliphatic carbocycles. The normalized spacial score (nSPS) is 16.9. The highest BCUT2D eigenvalue weighted by Gasteiger charge is 2.58. The van der Waals surface area contributed by atoms with Crippen molar-refractivity contribution in [2.45, 2.75) is 17.8 Å². The number of hydrogen-bond acceptors (Lipinski definition) is 9. The van der Waals surface area contributed by atoms with Gasteiger partial charge in [-0.3, -0.25) is 10.1 Å². The predicted octanol–water partition coefficient (Wildman–Crippen LogP) is 6.18. The standard InChI is InChI=1S/C38H32N2O8/c1-45-32-19-23-17-18-39-31(27(23)20-33(32)46-2)21-30(22-13-15-24(16-14-22)40(43)44)38(34(36(41)47-3)35(39)37(42)48-4)28-11-7-5-9-25(28)26-10-6-8-12-29(26)38/h5-16,19-21,30H,17-18H2,1-4H3/t30-/m1/s1. The maximum absolute atomic E-state index is 14.5. The lowest BCUT2D eigenvalue weighted by atomic mass is 9.61. The molecule has 242 valence electrons. The molecular formula is C38H32N2O8. The molecule has 0 fully saturated rings. The third-order valence-electron chi connectivity index (χ3n) is 9.70. The molecule has 10 heteroatoms. The minimum Gasteiger partial charge on any atom is -0.493 e. The van der Waals surface area contributed by atoms with Crippen LogP contribution in [0.15, 0.2) is 102 Å². The zero-order valence-corrected chi connectivity index (χ0v) is 26.8. The van der Waals surface area contributed by atoms with Crippen LogP contribution in [0.3, 0.4) is 0 Å². The number of carbonyl (C=O) groups excluding carboxylic acids is 2. The van der Waals surface area contributed by atoms with E-state index < -0.39 is 28.2 Å². The fourth-order valence-corrected chi connectivity index (χ4v) is 7.73. The Bertz CT molecular complexity index is 2020. The number of methoxy groups -OCH3 is 4. The van der Waals surface area contributed by atoms with Gasteiger partial charge in [0, 0.05) is 35.9 Å². The highest BCUT2D eigenvalue weighted by Crippen LogP contribution is 2.62. The number of nitrogens with zero attached hydrogens (tertiary/aromatic N) is 2. The average molecular weight is 645 g/mol. The lowest BCUT2D eigenvalue weighted by Gasteiger charge is -2.39. The van der Waals surface area contributed by atoms with Gasteiger partial charge in [0.2, 0.25) is 0 Å². The molecule has 4 aromatic rings. The summed E-state index contributed by atoms with van der Waals surface area (Å²) in [5.41, 5.74) is 5.27. The number of fused-ring (bicyclic) bond motifs is 8. The first kappa shape index (κ1) is 30.7. The van der Waals surface area contributed by atoms with E-state index in [1.54, 1.807) is 26.4 Å². The number of non-ortho nitro benzene ring substituents is 1. The molecule has 0 amide bonds. The zero-order valence-electron chi connectivity index (χ0n) is 26.8. The summed E-state index contributed by atoms with van der Waals surface area (Å²) in [4.78, 5) is 41.8. The number of benzene rings is 4. The van der Waals surface area contributed by atoms with E-state index in [0.29, 0.717) is 35.7 Å². The van der Waals surface area contributed by atoms with Crippen LogP contribution in [0.2, 0.25) is 0 Å². The van der Waals surface area contributed by atoms with E-state index in [-0.39, 0.29) is 17.0 Å². The van der Waals surface area contributed by atoms with Crippen molar-refractivity contribution in [1.82, 2.24) is 4.90 Å². The first-order valence-electron chi connectivity index (χ1n) is 15.4. The van der Waals surface area contributed by atoms with Gasteiger partial charge in [0.05, 0.1) is 44.4 Å². The van der Waals surface area contributed by atoms with Crippen molar-refractivity contribution in [1.29, 1.82) is 0 Å². The van der Waals surface area contributed by atoms with E-state index in [4.69, 9.17) is 18.9 Å². The monoisotopic (exact) mass is 644 g/mol. The van der Waals surface area contributed by atoms with E-state index in [1.807, 2.05) is 65.6 Å². The second-order valence-electron chi connectivity index (χ2n) is 11.8. The second kappa shape index (κ2) is 11.7. The van der Waals surface area contributed by atoms with Crippen LogP contribution in [0.4, 0.5) is 5.69 Å². The van der Waals surface area contributed by atoms with E-state index in [1.165, 1.54) is 26.4 Å². The number of allylic oxidation sites excluding steroid dienone is 1. The molecule has 0 aromatic heterocycles. The van der Waals surface area contributed by atoms with Gasteiger partial charge in [-0.1, -0.05) is 66.7 Å². The lowest BCUT2D eigenvalue weighted by Crippen LogP contribution is -2.41. The van der Waals surface area contributed by atoms with E-state index in [9.17, 15) is 19.7 Å². The predicted molar refractivity (Wildman–Crippen MR) is 177 cm³/mol. The van der Waals surface area contributed by atoms with Crippen LogP contribution in [0.5, 0.6) is 11.5 Å². The summed E-state index contributed by atoms with van der Waals surface area (Å²) in [6.07, 6.45) is 2.58. The number of hydrogen-bond donors (Lipinski definition) is 0. The maximum Gasteiger partial charge on any atom is 0.355 e. The number of nitro groups is 1. The smallest absolute Gasteiger partial charge is 0.355 e. The molecule has 0 bridgehead atoms. The van der Waals surface area contributed by atoms with Crippen LogP contribution in [0.1, 0.15) is 33.7 Å². The summed E-state index contributed by atoms with van der Waals surface area (Å²) >= 11 is 0. The van der Waals surface area contributed by atoms with Crippen molar-refractivity contribution in [2.75, 3.05) is 35.0 Å². The SMILES string of the molecule is COC(=O)C1=C(C(=O)OC)C2(c3ccccc3-c3ccccc32)[C@@H](c2ccc([N+](=O)[O-])cc2)C=C2c3cc(OC)c(OC)cc3CCN21. The molecule has 48 heavy (non-hydrogen) atoms. The lowest BCUT2D eigenvalue weighted by molar-refractivity contribution is -0.384. The van der Waals surface area contributed by atoms with Crippen molar-refractivity contribution in [3.8, 4) is 22.6 Å². The van der Waals surface area contributed by atoms with E-state index in [0.717, 1.165) is 33.4 Å². The van der Waals surface area contributed by atoms with Crippen molar-refractivity contribution in [2.24, 2.45) is 0 Å². The minimum absolute atomic E-state index is 0.0620. The van der Waals surface area contributed by atoms with Crippen LogP contribution < -0.4 is 9.47 Å². The molecule has 4 aromatic carbocycles. The van der Waals surface area contributed by atoms with Crippen LogP contribution in [0.25, 0.3) is 16.8 Å². The van der Waals surface area contributed by atoms with Gasteiger partial charge in [-0.05, 0) is 51.9 Å². The molecule has 0 saturated heterocycles. The van der Waals surface area contributed by atoms with Gasteiger partial charge in [0.15, 0.2) is 11.5 Å². The largest absolute Gasteiger partial charge is 0.493 e. The molecule has 7 rings (SSSR count). The van der Waals surface area contributed by atoms with Crippen molar-refractivity contribution >= 4 is 23.3 Å². The Kier molecular flexibility index (Phi) is 7.50. The second-order valence-corrected chi connectivity index (χ2v) is 11.8. The van der Waals surface area contributed by atoms with Crippen molar-refractivity contribution in [3.05, 3.63) is 140 Å². The van der Waals surface area contributed by atoms with Crippen LogP contribution in [-0.4, -0.2) is 56.7 Å². The highest BCUT2D eigenvalue weighted by atomic mass is 16.6. The highest BCUT2D eigenvalue weighted by molar-refractivity contribution is 6.07. The fraction of sp³-hybridized carbons (Fsp3) is 0.211. The number of nitro benzene ring substituents is 1. The Labute approximate surface area is 277 Å². The molecule has 2 heterocycles. The third kappa shape index (κ3) is 4.32. The number of carbonyl (C=O) groups is 2. The molecule has 0 N–H and O–H groups in total. The van der Waals surface area contributed by atoms with Crippen LogP contribution in [0, 0.1) is 10.1 Å². The summed E-state index contributed by atoms with van der Waals surface area (Å²) in [6, 6.07) is 25.8. The first-order chi connectivity index (χ1) is 23.3. The molecule has 10 nitrogen and oxygen atoms in total. The summed E-state index contributed by atoms with van der Waals surface area (Å²) in [5.74, 6) is -0.994. The van der Waals surface area contributed by atoms with E-state index >= 15 is 0 Å². The van der Waals surface area contributed by atoms with Gasteiger partial charge in [-0.25, -0.2) is 9.59 Å². The van der Waals surface area contributed by atoms with Gasteiger partial charge in [-0.15, -0.1) is 0 Å². The van der Waals surface area contributed by atoms with Crippen LogP contribution >= 0.6 is 0 Å². The van der Waals surface area contributed by atoms with Gasteiger partial charge in [-0.2, -0.15) is 0 Å². The Morgan fingerprint density at radius 3 is 1.94 bits per heavy atom. The first-order valence-corrected chi connectivity index (χ1v) is 15.4. The summed E-state index contributed by atoms with van der Waals surface area (Å²) in [5, 5.41) is 11.7. The molecule has 0 radical (unpaired) electrons. The van der Waals surface area contributed by atoms with Gasteiger partial charge in [0.25, 0.3) is 5.69 Å². The van der Waals surface area contributed by atoms with Crippen molar-refractivity contribution < 1.29 is 33.5 Å². The molecule has 1 atom stereocenters. The number of rotatable bonds is 6. The average Bonchev–Trinajstić information content (AvgIpc) is 3.33. The third-order valence-corrected chi connectivity index (χ3v) is 9.70. The number of esters is 2. The summed E-state index contributed by atoms with van der Waals surface area (Å²) < 4.78 is 22.3. The molecule has 0 saturated carbocycles. The molecule has 0 unspecified atom stereocenters. The van der Waals surface area contributed by atoms with Gasteiger partial charge in [0.1, 0.15) is 5.70 Å². The quantitative estimate of drug-likeness (QED) is 0.138. The summed E-state index contributed by atoms with van der Waals surface area (Å²) in [7, 11) is 5.73. The molecular weight excluding hydrogens is 612 g/mol. The fourth-order valence-electron chi connectivity index (χ4n) is 7.73. The zero-order chi connectivity index (χ0) is 33.7. The topological polar surface area (TPSA) is 117 Å².